The van der Waals surface area contributed by atoms with E-state index in [4.69, 9.17) is 14.9 Å². The number of ether oxygens (including phenoxy) is 1. The zero-order valence-electron chi connectivity index (χ0n) is 14.3. The Hall–Kier alpha value is -3.67. The minimum atomic E-state index is -4.53. The summed E-state index contributed by atoms with van der Waals surface area (Å²) >= 11 is 0. The molecule has 0 spiro atoms. The van der Waals surface area contributed by atoms with E-state index in [1.807, 2.05) is 0 Å². The quantitative estimate of drug-likeness (QED) is 0.727. The van der Waals surface area contributed by atoms with Crippen LogP contribution in [-0.2, 0) is 0 Å². The number of allylic oxidation sites excluding steroid dienone is 1. The van der Waals surface area contributed by atoms with Gasteiger partial charge in [0.1, 0.15) is 11.8 Å². The van der Waals surface area contributed by atoms with E-state index in [-0.39, 0.29) is 34.4 Å². The molecule has 1 atom stereocenters. The highest BCUT2D eigenvalue weighted by atomic mass is 19.4. The Bertz CT molecular complexity index is 1080. The normalized spacial score (nSPS) is 16.4. The predicted octanol–water partition coefficient (Wildman–Crippen LogP) is 4.25. The molecule has 28 heavy (non-hydrogen) atoms. The maximum absolute atomic E-state index is 13.3. The molecule has 1 aliphatic heterocycles. The molecule has 142 valence electrons. The van der Waals surface area contributed by atoms with E-state index < -0.39 is 18.5 Å². The lowest BCUT2D eigenvalue weighted by atomic mass is 9.86. The van der Waals surface area contributed by atoms with Crippen LogP contribution in [0.1, 0.15) is 17.9 Å². The SMILES string of the molecule is N#CC1=C(N)Oc2c(c(-c3ccco3)nn2-c2ccccc2)C1CC(F)(F)F. The molecule has 0 bridgehead atoms. The molecule has 2 aromatic heterocycles. The Morgan fingerprint density at radius 3 is 2.54 bits per heavy atom. The summed E-state index contributed by atoms with van der Waals surface area (Å²) in [6.07, 6.45) is -4.42. The molecule has 0 aliphatic carbocycles. The van der Waals surface area contributed by atoms with Gasteiger partial charge in [0.05, 0.1) is 29.5 Å². The van der Waals surface area contributed by atoms with Crippen LogP contribution in [0.3, 0.4) is 0 Å². The smallest absolute Gasteiger partial charge is 0.390 e. The summed E-state index contributed by atoms with van der Waals surface area (Å²) in [7, 11) is 0. The number of hydrogen-bond acceptors (Lipinski definition) is 5. The number of halogens is 3. The monoisotopic (exact) mass is 386 g/mol. The molecule has 0 saturated heterocycles. The van der Waals surface area contributed by atoms with Gasteiger partial charge in [-0.3, -0.25) is 0 Å². The third-order valence-corrected chi connectivity index (χ3v) is 4.36. The maximum Gasteiger partial charge on any atom is 0.390 e. The van der Waals surface area contributed by atoms with Crippen LogP contribution in [0.4, 0.5) is 13.2 Å². The number of rotatable bonds is 3. The van der Waals surface area contributed by atoms with Gasteiger partial charge in [0.2, 0.25) is 11.8 Å². The molecule has 1 aromatic carbocycles. The number of alkyl halides is 3. The van der Waals surface area contributed by atoms with Crippen molar-refractivity contribution in [3.8, 4) is 29.1 Å². The molecule has 2 N–H and O–H groups in total. The van der Waals surface area contributed by atoms with Crippen molar-refractivity contribution in [2.75, 3.05) is 0 Å². The Morgan fingerprint density at radius 1 is 1.18 bits per heavy atom. The second-order valence-electron chi connectivity index (χ2n) is 6.16. The standard InChI is InChI=1S/C19H13F3N4O2/c20-19(21,22)9-12-13(10-23)17(24)28-18-15(12)16(14-7-4-8-27-14)25-26(18)11-5-2-1-3-6-11/h1-8,12H,9,24H2. The average Bonchev–Trinajstić information content (AvgIpc) is 3.29. The molecule has 6 nitrogen and oxygen atoms in total. The first-order valence-electron chi connectivity index (χ1n) is 8.25. The van der Waals surface area contributed by atoms with E-state index in [1.165, 1.54) is 10.9 Å². The van der Waals surface area contributed by atoms with Crippen LogP contribution in [0.5, 0.6) is 5.88 Å². The third-order valence-electron chi connectivity index (χ3n) is 4.36. The minimum absolute atomic E-state index is 0.0309. The van der Waals surface area contributed by atoms with Gasteiger partial charge in [0, 0.05) is 5.92 Å². The van der Waals surface area contributed by atoms with Crippen LogP contribution < -0.4 is 10.5 Å². The topological polar surface area (TPSA) is 90.0 Å². The summed E-state index contributed by atoms with van der Waals surface area (Å²) in [4.78, 5) is 0. The van der Waals surface area contributed by atoms with Gasteiger partial charge in [-0.15, -0.1) is 0 Å². The van der Waals surface area contributed by atoms with E-state index in [0.717, 1.165) is 0 Å². The maximum atomic E-state index is 13.3. The van der Waals surface area contributed by atoms with Crippen LogP contribution in [-0.4, -0.2) is 16.0 Å². The van der Waals surface area contributed by atoms with Crippen molar-refractivity contribution in [2.24, 2.45) is 5.73 Å². The molecule has 1 aliphatic rings. The average molecular weight is 386 g/mol. The second-order valence-corrected chi connectivity index (χ2v) is 6.16. The van der Waals surface area contributed by atoms with E-state index in [0.29, 0.717) is 5.69 Å². The first-order valence-corrected chi connectivity index (χ1v) is 8.25. The third kappa shape index (κ3) is 2.99. The first kappa shape index (κ1) is 17.7. The Balaban J connectivity index is 1.99. The van der Waals surface area contributed by atoms with Gasteiger partial charge < -0.3 is 14.9 Å². The van der Waals surface area contributed by atoms with Gasteiger partial charge in [0.15, 0.2) is 5.76 Å². The molecule has 4 rings (SSSR count). The molecule has 1 unspecified atom stereocenters. The van der Waals surface area contributed by atoms with Crippen molar-refractivity contribution < 1.29 is 22.3 Å². The molecule has 0 fully saturated rings. The Kier molecular flexibility index (Phi) is 4.11. The van der Waals surface area contributed by atoms with Crippen LogP contribution >= 0.6 is 0 Å². The molecule has 9 heteroatoms. The van der Waals surface area contributed by atoms with Gasteiger partial charge in [-0.25, -0.2) is 0 Å². The molecule has 3 heterocycles. The van der Waals surface area contributed by atoms with E-state index >= 15 is 0 Å². The number of furan rings is 1. The van der Waals surface area contributed by atoms with Crippen molar-refractivity contribution in [3.05, 3.63) is 65.7 Å². The highest BCUT2D eigenvalue weighted by Crippen LogP contribution is 2.48. The van der Waals surface area contributed by atoms with Gasteiger partial charge in [-0.05, 0) is 24.3 Å². The van der Waals surface area contributed by atoms with Crippen molar-refractivity contribution in [1.82, 2.24) is 9.78 Å². The summed E-state index contributed by atoms with van der Waals surface area (Å²) in [6, 6.07) is 13.7. The summed E-state index contributed by atoms with van der Waals surface area (Å²) in [6.45, 7) is 0. The van der Waals surface area contributed by atoms with Crippen molar-refractivity contribution in [1.29, 1.82) is 5.26 Å². The minimum Gasteiger partial charge on any atom is -0.463 e. The van der Waals surface area contributed by atoms with Gasteiger partial charge in [-0.2, -0.15) is 28.2 Å². The molecular formula is C19H13F3N4O2. The first-order chi connectivity index (χ1) is 13.4. The Morgan fingerprint density at radius 2 is 1.93 bits per heavy atom. The molecule has 0 radical (unpaired) electrons. The predicted molar refractivity (Wildman–Crippen MR) is 92.1 cm³/mol. The number of aromatic nitrogens is 2. The zero-order valence-corrected chi connectivity index (χ0v) is 14.3. The molecular weight excluding hydrogens is 373 g/mol. The number of benzene rings is 1. The molecule has 0 amide bonds. The summed E-state index contributed by atoms with van der Waals surface area (Å²) in [5.41, 5.74) is 6.35. The number of para-hydroxylation sites is 1. The van der Waals surface area contributed by atoms with Crippen molar-refractivity contribution >= 4 is 0 Å². The largest absolute Gasteiger partial charge is 0.463 e. The second kappa shape index (κ2) is 6.49. The van der Waals surface area contributed by atoms with Crippen LogP contribution in [0, 0.1) is 11.3 Å². The number of nitriles is 1. The van der Waals surface area contributed by atoms with Gasteiger partial charge >= 0.3 is 6.18 Å². The van der Waals surface area contributed by atoms with Crippen molar-refractivity contribution in [2.45, 2.75) is 18.5 Å². The fourth-order valence-electron chi connectivity index (χ4n) is 3.21. The summed E-state index contributed by atoms with van der Waals surface area (Å²) in [5.74, 6) is -1.43. The highest BCUT2D eigenvalue weighted by molar-refractivity contribution is 5.66. The summed E-state index contributed by atoms with van der Waals surface area (Å²) in [5, 5.41) is 13.8. The lowest BCUT2D eigenvalue weighted by Crippen LogP contribution is -2.24. The van der Waals surface area contributed by atoms with Crippen LogP contribution in [0.15, 0.2) is 64.6 Å². The fourth-order valence-corrected chi connectivity index (χ4v) is 3.21. The lowest BCUT2D eigenvalue weighted by molar-refractivity contribution is -0.137. The van der Waals surface area contributed by atoms with E-state index in [1.54, 1.807) is 48.5 Å². The number of fused-ring (bicyclic) bond motifs is 1. The van der Waals surface area contributed by atoms with Gasteiger partial charge in [-0.1, -0.05) is 18.2 Å². The molecule has 3 aromatic rings. The summed E-state index contributed by atoms with van der Waals surface area (Å²) < 4.78 is 52.2. The Labute approximate surface area is 157 Å². The van der Waals surface area contributed by atoms with E-state index in [2.05, 4.69) is 5.10 Å². The zero-order chi connectivity index (χ0) is 19.9. The van der Waals surface area contributed by atoms with Gasteiger partial charge in [0.25, 0.3) is 0 Å². The van der Waals surface area contributed by atoms with E-state index in [9.17, 15) is 18.4 Å². The molecule has 0 saturated carbocycles. The number of nitrogens with zero attached hydrogens (tertiary/aromatic N) is 3. The lowest BCUT2D eigenvalue weighted by Gasteiger charge is -2.25. The highest BCUT2D eigenvalue weighted by Gasteiger charge is 2.43. The number of hydrogen-bond donors (Lipinski definition) is 1. The number of nitrogens with two attached hydrogens (primary N) is 1. The van der Waals surface area contributed by atoms with Crippen molar-refractivity contribution in [3.63, 3.8) is 0 Å². The fraction of sp³-hybridized carbons (Fsp3) is 0.158. The van der Waals surface area contributed by atoms with Crippen LogP contribution in [0.2, 0.25) is 0 Å². The van der Waals surface area contributed by atoms with Crippen LogP contribution in [0.25, 0.3) is 17.1 Å².